The fraction of sp³-hybridized carbons (Fsp3) is 0.364. The zero-order chi connectivity index (χ0) is 20.1. The van der Waals surface area contributed by atoms with Crippen LogP contribution < -0.4 is 0 Å². The Hall–Kier alpha value is -3.06. The standard InChI is InChI=1S/C22H25N5O2/c1-29-16-19-5-2-6-20(25-19)22(28)27-12-3-4-18(15-27)21-24-11-13-26(21)14-17-7-9-23-10-8-17/h2,5-11,13,18H,3-4,12,14-16H2,1H3/t18-/m0/s1. The fourth-order valence-corrected chi connectivity index (χ4v) is 3.86. The van der Waals surface area contributed by atoms with Crippen LogP contribution in [-0.2, 0) is 17.9 Å². The molecular formula is C22H25N5O2. The van der Waals surface area contributed by atoms with E-state index >= 15 is 0 Å². The summed E-state index contributed by atoms with van der Waals surface area (Å²) >= 11 is 0. The number of ether oxygens (including phenoxy) is 1. The molecule has 1 aliphatic rings. The number of likely N-dealkylation sites (tertiary alicyclic amines) is 1. The number of imidazole rings is 1. The van der Waals surface area contributed by atoms with Crippen LogP contribution in [0.4, 0.5) is 0 Å². The average molecular weight is 391 g/mol. The zero-order valence-electron chi connectivity index (χ0n) is 16.6. The topological polar surface area (TPSA) is 73.1 Å². The van der Waals surface area contributed by atoms with E-state index in [-0.39, 0.29) is 11.8 Å². The molecule has 1 saturated heterocycles. The summed E-state index contributed by atoms with van der Waals surface area (Å²) < 4.78 is 7.31. The van der Waals surface area contributed by atoms with Crippen LogP contribution in [0.2, 0.25) is 0 Å². The van der Waals surface area contributed by atoms with Gasteiger partial charge in [-0.1, -0.05) is 6.07 Å². The van der Waals surface area contributed by atoms with Gasteiger partial charge in [-0.15, -0.1) is 0 Å². The van der Waals surface area contributed by atoms with Gasteiger partial charge in [-0.3, -0.25) is 9.78 Å². The quantitative estimate of drug-likeness (QED) is 0.646. The molecule has 150 valence electrons. The summed E-state index contributed by atoms with van der Waals surface area (Å²) in [5.74, 6) is 1.21. The van der Waals surface area contributed by atoms with E-state index in [2.05, 4.69) is 19.5 Å². The third kappa shape index (κ3) is 4.51. The molecule has 0 saturated carbocycles. The number of piperidine rings is 1. The number of nitrogens with zero attached hydrogens (tertiary/aromatic N) is 5. The molecule has 0 aliphatic carbocycles. The van der Waals surface area contributed by atoms with Crippen LogP contribution in [0.1, 0.15) is 46.3 Å². The van der Waals surface area contributed by atoms with Crippen LogP contribution in [0.25, 0.3) is 0 Å². The molecule has 0 unspecified atom stereocenters. The van der Waals surface area contributed by atoms with Crippen molar-refractivity contribution in [3.8, 4) is 0 Å². The second kappa shape index (κ2) is 8.96. The van der Waals surface area contributed by atoms with E-state index in [1.54, 1.807) is 25.6 Å². The van der Waals surface area contributed by atoms with Gasteiger partial charge in [0.05, 0.1) is 12.3 Å². The summed E-state index contributed by atoms with van der Waals surface area (Å²) in [6.07, 6.45) is 9.43. The summed E-state index contributed by atoms with van der Waals surface area (Å²) in [5.41, 5.74) is 2.42. The monoisotopic (exact) mass is 391 g/mol. The van der Waals surface area contributed by atoms with Gasteiger partial charge in [0.2, 0.25) is 0 Å². The molecule has 1 atom stereocenters. The third-order valence-electron chi connectivity index (χ3n) is 5.24. The Bertz CT molecular complexity index is 957. The van der Waals surface area contributed by atoms with Crippen LogP contribution in [0.5, 0.6) is 0 Å². The Kier molecular flexibility index (Phi) is 5.95. The first-order valence-electron chi connectivity index (χ1n) is 9.88. The minimum atomic E-state index is -0.0279. The first kappa shape index (κ1) is 19.3. The summed E-state index contributed by atoms with van der Waals surface area (Å²) in [5, 5.41) is 0. The Labute approximate surface area is 170 Å². The fourth-order valence-electron chi connectivity index (χ4n) is 3.86. The maximum absolute atomic E-state index is 13.0. The predicted molar refractivity (Wildman–Crippen MR) is 108 cm³/mol. The smallest absolute Gasteiger partial charge is 0.272 e. The number of amides is 1. The Morgan fingerprint density at radius 2 is 2.07 bits per heavy atom. The molecule has 1 aliphatic heterocycles. The van der Waals surface area contributed by atoms with Crippen molar-refractivity contribution < 1.29 is 9.53 Å². The lowest BCUT2D eigenvalue weighted by atomic mass is 9.96. The Morgan fingerprint density at radius 1 is 1.21 bits per heavy atom. The highest BCUT2D eigenvalue weighted by Crippen LogP contribution is 2.27. The summed E-state index contributed by atoms with van der Waals surface area (Å²) in [7, 11) is 1.62. The Balaban J connectivity index is 1.48. The molecule has 1 fully saturated rings. The van der Waals surface area contributed by atoms with E-state index in [4.69, 9.17) is 4.74 Å². The highest BCUT2D eigenvalue weighted by Gasteiger charge is 2.28. The minimum Gasteiger partial charge on any atom is -0.378 e. The molecule has 0 bridgehead atoms. The van der Waals surface area contributed by atoms with Crippen LogP contribution in [0, 0.1) is 0 Å². The molecule has 4 rings (SSSR count). The maximum atomic E-state index is 13.0. The van der Waals surface area contributed by atoms with Crippen molar-refractivity contribution in [3.05, 3.63) is 77.9 Å². The van der Waals surface area contributed by atoms with E-state index in [1.165, 1.54) is 5.56 Å². The van der Waals surface area contributed by atoms with Crippen LogP contribution in [0.15, 0.2) is 55.1 Å². The summed E-state index contributed by atoms with van der Waals surface area (Å²) in [6.45, 7) is 2.55. The van der Waals surface area contributed by atoms with Gasteiger partial charge in [0.15, 0.2) is 0 Å². The van der Waals surface area contributed by atoms with Crippen molar-refractivity contribution in [3.63, 3.8) is 0 Å². The zero-order valence-corrected chi connectivity index (χ0v) is 16.6. The molecule has 29 heavy (non-hydrogen) atoms. The molecule has 3 aromatic heterocycles. The van der Waals surface area contributed by atoms with Crippen LogP contribution >= 0.6 is 0 Å². The highest BCUT2D eigenvalue weighted by atomic mass is 16.5. The van der Waals surface area contributed by atoms with Crippen LogP contribution in [0.3, 0.4) is 0 Å². The third-order valence-corrected chi connectivity index (χ3v) is 5.24. The second-order valence-electron chi connectivity index (χ2n) is 7.31. The van der Waals surface area contributed by atoms with Gasteiger partial charge >= 0.3 is 0 Å². The molecule has 4 heterocycles. The summed E-state index contributed by atoms with van der Waals surface area (Å²) in [4.78, 5) is 28.1. The lowest BCUT2D eigenvalue weighted by molar-refractivity contribution is 0.0696. The predicted octanol–water partition coefficient (Wildman–Crippen LogP) is 2.89. The van der Waals surface area contributed by atoms with Crippen molar-refractivity contribution in [1.82, 2.24) is 24.4 Å². The molecule has 3 aromatic rings. The SMILES string of the molecule is COCc1cccc(C(=O)N2CCC[C@H](c3nccn3Cc3ccncc3)C2)n1. The number of carbonyl (C=O) groups is 1. The number of hydrogen-bond donors (Lipinski definition) is 0. The number of methoxy groups -OCH3 is 1. The van der Waals surface area contributed by atoms with E-state index in [0.717, 1.165) is 37.4 Å². The van der Waals surface area contributed by atoms with Crippen molar-refractivity contribution in [2.75, 3.05) is 20.2 Å². The number of pyridine rings is 2. The minimum absolute atomic E-state index is 0.0279. The van der Waals surface area contributed by atoms with Crippen molar-refractivity contribution in [1.29, 1.82) is 0 Å². The van der Waals surface area contributed by atoms with Gasteiger partial charge in [-0.2, -0.15) is 0 Å². The average Bonchev–Trinajstić information content (AvgIpc) is 3.22. The van der Waals surface area contributed by atoms with Crippen molar-refractivity contribution in [2.24, 2.45) is 0 Å². The lowest BCUT2D eigenvalue weighted by Crippen LogP contribution is -2.40. The molecule has 0 spiro atoms. The van der Waals surface area contributed by atoms with E-state index in [9.17, 15) is 4.79 Å². The van der Waals surface area contributed by atoms with Gasteiger partial charge in [-0.05, 0) is 42.7 Å². The molecular weight excluding hydrogens is 366 g/mol. The van der Waals surface area contributed by atoms with E-state index < -0.39 is 0 Å². The maximum Gasteiger partial charge on any atom is 0.272 e. The molecule has 0 radical (unpaired) electrons. The normalized spacial score (nSPS) is 16.7. The molecule has 0 aromatic carbocycles. The first-order valence-corrected chi connectivity index (χ1v) is 9.88. The molecule has 1 amide bonds. The van der Waals surface area contributed by atoms with Crippen LogP contribution in [-0.4, -0.2) is 50.5 Å². The van der Waals surface area contributed by atoms with Gasteiger partial charge in [0, 0.05) is 57.4 Å². The van der Waals surface area contributed by atoms with Gasteiger partial charge in [-0.25, -0.2) is 9.97 Å². The molecule has 0 N–H and O–H groups in total. The number of carbonyl (C=O) groups excluding carboxylic acids is 1. The highest BCUT2D eigenvalue weighted by molar-refractivity contribution is 5.92. The van der Waals surface area contributed by atoms with Crippen molar-refractivity contribution >= 4 is 5.91 Å². The van der Waals surface area contributed by atoms with E-state index in [1.807, 2.05) is 41.6 Å². The molecule has 7 heteroatoms. The van der Waals surface area contributed by atoms with Crippen molar-refractivity contribution in [2.45, 2.75) is 31.9 Å². The second-order valence-corrected chi connectivity index (χ2v) is 7.31. The first-order chi connectivity index (χ1) is 14.2. The largest absolute Gasteiger partial charge is 0.378 e. The number of aromatic nitrogens is 4. The molecule has 7 nitrogen and oxygen atoms in total. The Morgan fingerprint density at radius 3 is 2.90 bits per heavy atom. The van der Waals surface area contributed by atoms with E-state index in [0.29, 0.717) is 18.8 Å². The summed E-state index contributed by atoms with van der Waals surface area (Å²) in [6, 6.07) is 9.53. The van der Waals surface area contributed by atoms with Gasteiger partial charge < -0.3 is 14.2 Å². The van der Waals surface area contributed by atoms with Gasteiger partial charge in [0.25, 0.3) is 5.91 Å². The number of hydrogen-bond acceptors (Lipinski definition) is 5. The van der Waals surface area contributed by atoms with Gasteiger partial charge in [0.1, 0.15) is 11.5 Å². The number of rotatable bonds is 6. The lowest BCUT2D eigenvalue weighted by Gasteiger charge is -2.32.